The van der Waals surface area contributed by atoms with E-state index in [0.29, 0.717) is 0 Å². The molecule has 0 bridgehead atoms. The number of hydrogen-bond donors (Lipinski definition) is 1. The molecule has 2 rings (SSSR count). The summed E-state index contributed by atoms with van der Waals surface area (Å²) in [4.78, 5) is 2.98. The van der Waals surface area contributed by atoms with Crippen LogP contribution in [-0.4, -0.2) is 5.54 Å². The average molecular weight is 279 g/mol. The van der Waals surface area contributed by atoms with Crippen molar-refractivity contribution in [3.05, 3.63) is 21.9 Å². The van der Waals surface area contributed by atoms with Crippen molar-refractivity contribution >= 4 is 11.3 Å². The maximum Gasteiger partial charge on any atom is 0.0205 e. The highest BCUT2D eigenvalue weighted by molar-refractivity contribution is 7.12. The van der Waals surface area contributed by atoms with Crippen molar-refractivity contribution in [2.45, 2.75) is 71.3 Å². The van der Waals surface area contributed by atoms with Gasteiger partial charge in [-0.1, -0.05) is 33.6 Å². The van der Waals surface area contributed by atoms with Crippen LogP contribution in [0.25, 0.3) is 0 Å². The fraction of sp³-hybridized carbons (Fsp3) is 0.765. The third-order valence-electron chi connectivity index (χ3n) is 4.38. The minimum absolute atomic E-state index is 0.0632. The van der Waals surface area contributed by atoms with Gasteiger partial charge in [0, 0.05) is 15.3 Å². The van der Waals surface area contributed by atoms with Gasteiger partial charge < -0.3 is 5.73 Å². The summed E-state index contributed by atoms with van der Waals surface area (Å²) in [5, 5.41) is 0. The summed E-state index contributed by atoms with van der Waals surface area (Å²) >= 11 is 1.96. The van der Waals surface area contributed by atoms with Crippen molar-refractivity contribution in [3.8, 4) is 0 Å². The van der Waals surface area contributed by atoms with E-state index in [1.54, 1.807) is 0 Å². The van der Waals surface area contributed by atoms with Crippen molar-refractivity contribution in [2.75, 3.05) is 0 Å². The molecule has 1 aliphatic carbocycles. The van der Waals surface area contributed by atoms with Crippen molar-refractivity contribution < 1.29 is 0 Å². The van der Waals surface area contributed by atoms with Crippen molar-refractivity contribution in [1.82, 2.24) is 0 Å². The summed E-state index contributed by atoms with van der Waals surface area (Å²) in [6.07, 6.45) is 8.74. The third-order valence-corrected chi connectivity index (χ3v) is 5.61. The minimum Gasteiger partial charge on any atom is -0.325 e. The highest BCUT2D eigenvalue weighted by Gasteiger charge is 2.33. The van der Waals surface area contributed by atoms with E-state index in [0.717, 1.165) is 24.7 Å². The van der Waals surface area contributed by atoms with Crippen molar-refractivity contribution in [2.24, 2.45) is 17.6 Å². The number of rotatable bonds is 5. The van der Waals surface area contributed by atoms with E-state index < -0.39 is 0 Å². The van der Waals surface area contributed by atoms with Gasteiger partial charge in [0.25, 0.3) is 0 Å². The molecule has 1 saturated carbocycles. The van der Waals surface area contributed by atoms with Crippen LogP contribution in [0.5, 0.6) is 0 Å². The van der Waals surface area contributed by atoms with Gasteiger partial charge in [-0.15, -0.1) is 11.3 Å². The molecule has 1 fully saturated rings. The Hall–Kier alpha value is -0.340. The largest absolute Gasteiger partial charge is 0.325 e. The average Bonchev–Trinajstić information content (AvgIpc) is 2.75. The molecule has 2 heteroatoms. The highest BCUT2D eigenvalue weighted by atomic mass is 32.1. The molecule has 2 N–H and O–H groups in total. The van der Waals surface area contributed by atoms with Crippen LogP contribution in [0.3, 0.4) is 0 Å². The van der Waals surface area contributed by atoms with Crippen LogP contribution in [0.15, 0.2) is 12.1 Å². The molecule has 1 aromatic rings. The third kappa shape index (κ3) is 4.32. The minimum atomic E-state index is 0.0632. The molecular weight excluding hydrogens is 250 g/mol. The Morgan fingerprint density at radius 1 is 1.37 bits per heavy atom. The molecule has 2 unspecified atom stereocenters. The topological polar surface area (TPSA) is 26.0 Å². The van der Waals surface area contributed by atoms with Gasteiger partial charge in [0.15, 0.2) is 0 Å². The Morgan fingerprint density at radius 3 is 2.74 bits per heavy atom. The lowest BCUT2D eigenvalue weighted by Crippen LogP contribution is -2.46. The van der Waals surface area contributed by atoms with Crippen molar-refractivity contribution in [1.29, 1.82) is 0 Å². The van der Waals surface area contributed by atoms with Gasteiger partial charge in [-0.25, -0.2) is 0 Å². The molecule has 1 aromatic heterocycles. The SMILES string of the molecule is CCc1ccc(CC2(N)CCCC(CC(C)C)C2)s1. The van der Waals surface area contributed by atoms with E-state index in [2.05, 4.69) is 32.9 Å². The summed E-state index contributed by atoms with van der Waals surface area (Å²) < 4.78 is 0. The number of aryl methyl sites for hydroxylation is 1. The lowest BCUT2D eigenvalue weighted by Gasteiger charge is -2.38. The van der Waals surface area contributed by atoms with Crippen LogP contribution in [0.1, 0.15) is 62.6 Å². The predicted octanol–water partition coefficient (Wildman–Crippen LogP) is 4.79. The van der Waals surface area contributed by atoms with Gasteiger partial charge >= 0.3 is 0 Å². The summed E-state index contributed by atoms with van der Waals surface area (Å²) in [5.41, 5.74) is 6.78. The molecule has 2 atom stereocenters. The highest BCUT2D eigenvalue weighted by Crippen LogP contribution is 2.37. The zero-order chi connectivity index (χ0) is 13.9. The summed E-state index contributed by atoms with van der Waals surface area (Å²) in [7, 11) is 0. The molecule has 108 valence electrons. The van der Waals surface area contributed by atoms with Gasteiger partial charge in [-0.2, -0.15) is 0 Å². The predicted molar refractivity (Wildman–Crippen MR) is 85.7 cm³/mol. The zero-order valence-electron chi connectivity index (χ0n) is 12.7. The number of nitrogens with two attached hydrogens (primary N) is 1. The Morgan fingerprint density at radius 2 is 2.11 bits per heavy atom. The first-order chi connectivity index (χ1) is 9.00. The van der Waals surface area contributed by atoms with Crippen LogP contribution >= 0.6 is 11.3 Å². The summed E-state index contributed by atoms with van der Waals surface area (Å²) in [5.74, 6) is 1.66. The quantitative estimate of drug-likeness (QED) is 0.824. The molecule has 0 aromatic carbocycles. The van der Waals surface area contributed by atoms with Gasteiger partial charge in [-0.3, -0.25) is 0 Å². The maximum absolute atomic E-state index is 6.71. The first-order valence-electron chi connectivity index (χ1n) is 7.87. The normalized spacial score (nSPS) is 27.9. The molecule has 0 radical (unpaired) electrons. The second-order valence-electron chi connectivity index (χ2n) is 6.85. The Bertz CT molecular complexity index is 396. The second-order valence-corrected chi connectivity index (χ2v) is 8.11. The van der Waals surface area contributed by atoms with Gasteiger partial charge in [0.05, 0.1) is 0 Å². The van der Waals surface area contributed by atoms with E-state index in [4.69, 9.17) is 5.73 Å². The van der Waals surface area contributed by atoms with Crippen LogP contribution in [-0.2, 0) is 12.8 Å². The van der Waals surface area contributed by atoms with Crippen LogP contribution < -0.4 is 5.73 Å². The van der Waals surface area contributed by atoms with Crippen LogP contribution in [0.4, 0.5) is 0 Å². The van der Waals surface area contributed by atoms with E-state index in [1.807, 2.05) is 11.3 Å². The smallest absolute Gasteiger partial charge is 0.0205 e. The molecule has 0 aliphatic heterocycles. The summed E-state index contributed by atoms with van der Waals surface area (Å²) in [6.45, 7) is 6.90. The molecule has 1 nitrogen and oxygen atoms in total. The van der Waals surface area contributed by atoms with E-state index >= 15 is 0 Å². The number of hydrogen-bond acceptors (Lipinski definition) is 2. The Kier molecular flexibility index (Phi) is 5.08. The molecule has 0 amide bonds. The molecule has 1 heterocycles. The van der Waals surface area contributed by atoms with Gasteiger partial charge in [0.2, 0.25) is 0 Å². The summed E-state index contributed by atoms with van der Waals surface area (Å²) in [6, 6.07) is 4.57. The van der Waals surface area contributed by atoms with E-state index in [9.17, 15) is 0 Å². The molecule has 19 heavy (non-hydrogen) atoms. The van der Waals surface area contributed by atoms with Gasteiger partial charge in [0.1, 0.15) is 0 Å². The fourth-order valence-corrected chi connectivity index (χ4v) is 4.72. The molecule has 0 saturated heterocycles. The van der Waals surface area contributed by atoms with Crippen LogP contribution in [0.2, 0.25) is 0 Å². The van der Waals surface area contributed by atoms with E-state index in [-0.39, 0.29) is 5.54 Å². The maximum atomic E-state index is 6.71. The zero-order valence-corrected chi connectivity index (χ0v) is 13.6. The molecule has 0 spiro atoms. The molecular formula is C17H29NS. The number of thiophene rings is 1. The Balaban J connectivity index is 1.97. The first kappa shape index (κ1) is 15.1. The molecule has 1 aliphatic rings. The van der Waals surface area contributed by atoms with E-state index in [1.165, 1.54) is 41.9 Å². The first-order valence-corrected chi connectivity index (χ1v) is 8.69. The Labute approximate surface area is 122 Å². The standard InChI is InChI=1S/C17H29NS/c1-4-15-7-8-16(19-15)12-17(18)9-5-6-14(11-17)10-13(2)3/h7-8,13-14H,4-6,9-12,18H2,1-3H3. The van der Waals surface area contributed by atoms with Crippen molar-refractivity contribution in [3.63, 3.8) is 0 Å². The lowest BCUT2D eigenvalue weighted by molar-refractivity contribution is 0.201. The van der Waals surface area contributed by atoms with Crippen LogP contribution in [0, 0.1) is 11.8 Å². The second kappa shape index (κ2) is 6.41. The lowest BCUT2D eigenvalue weighted by atomic mass is 9.72. The van der Waals surface area contributed by atoms with Gasteiger partial charge in [-0.05, 0) is 56.1 Å². The fourth-order valence-electron chi connectivity index (χ4n) is 3.60. The monoisotopic (exact) mass is 279 g/mol.